The Hall–Kier alpha value is -2.63. The van der Waals surface area contributed by atoms with Gasteiger partial charge in [-0.05, 0) is 57.0 Å². The van der Waals surface area contributed by atoms with Crippen LogP contribution in [0.1, 0.15) is 50.4 Å². The Morgan fingerprint density at radius 3 is 2.55 bits per heavy atom. The lowest BCUT2D eigenvalue weighted by Gasteiger charge is -2.43. The van der Waals surface area contributed by atoms with Gasteiger partial charge in [0.25, 0.3) is 0 Å². The Morgan fingerprint density at radius 1 is 1.21 bits per heavy atom. The molecule has 1 heterocycles. The third-order valence-electron chi connectivity index (χ3n) is 7.18. The third-order valence-corrected chi connectivity index (χ3v) is 7.18. The van der Waals surface area contributed by atoms with Gasteiger partial charge in [0, 0.05) is 12.3 Å². The number of allylic oxidation sites excluding steroid dienone is 1. The van der Waals surface area contributed by atoms with E-state index in [4.69, 9.17) is 14.2 Å². The van der Waals surface area contributed by atoms with Crippen molar-refractivity contribution in [2.24, 2.45) is 17.3 Å². The molecular formula is C23H26O6. The van der Waals surface area contributed by atoms with Gasteiger partial charge in [0.2, 0.25) is 0 Å². The highest BCUT2D eigenvalue weighted by atomic mass is 16.6. The fraction of sp³-hybridized carbons (Fsp3) is 0.522. The fourth-order valence-electron chi connectivity index (χ4n) is 5.25. The van der Waals surface area contributed by atoms with E-state index in [0.717, 1.165) is 5.57 Å². The van der Waals surface area contributed by atoms with Gasteiger partial charge >= 0.3 is 11.9 Å². The first-order valence-electron chi connectivity index (χ1n) is 10.0. The third kappa shape index (κ3) is 2.72. The summed E-state index contributed by atoms with van der Waals surface area (Å²) in [6.07, 6.45) is 2.58. The van der Waals surface area contributed by atoms with E-state index in [0.29, 0.717) is 24.2 Å². The Labute approximate surface area is 170 Å². The smallest absolute Gasteiger partial charge is 0.338 e. The molecule has 1 saturated heterocycles. The van der Waals surface area contributed by atoms with Crippen LogP contribution in [0, 0.1) is 17.3 Å². The normalized spacial score (nSPS) is 35.9. The van der Waals surface area contributed by atoms with Crippen molar-refractivity contribution in [2.45, 2.75) is 51.7 Å². The number of hydrogen-bond acceptors (Lipinski definition) is 6. The van der Waals surface area contributed by atoms with E-state index in [1.165, 1.54) is 0 Å². The zero-order valence-electron chi connectivity index (χ0n) is 17.2. The molecule has 0 bridgehead atoms. The number of esters is 2. The molecule has 1 saturated carbocycles. The molecule has 2 fully saturated rings. The van der Waals surface area contributed by atoms with Gasteiger partial charge in [0.15, 0.2) is 0 Å². The molecule has 0 radical (unpaired) electrons. The SMILES string of the molecule is COc1ccc(C(=O)O[C@@H]2C=C(C)CC[C@@]34OC(=O)[C@H](C)[C@H]3CC(=O)[C@]24C)cc1. The molecule has 5 atom stereocenters. The van der Waals surface area contributed by atoms with Gasteiger partial charge in [-0.15, -0.1) is 0 Å². The summed E-state index contributed by atoms with van der Waals surface area (Å²) >= 11 is 0. The predicted molar refractivity (Wildman–Crippen MR) is 104 cm³/mol. The predicted octanol–water partition coefficient (Wildman–Crippen LogP) is 3.49. The average Bonchev–Trinajstić information content (AvgIpc) is 3.04. The fourth-order valence-corrected chi connectivity index (χ4v) is 5.25. The van der Waals surface area contributed by atoms with Gasteiger partial charge in [-0.2, -0.15) is 0 Å². The van der Waals surface area contributed by atoms with E-state index < -0.39 is 23.1 Å². The number of ether oxygens (including phenoxy) is 3. The summed E-state index contributed by atoms with van der Waals surface area (Å²) in [6.45, 7) is 5.57. The number of rotatable bonds is 3. The molecule has 29 heavy (non-hydrogen) atoms. The van der Waals surface area contributed by atoms with Crippen LogP contribution in [-0.2, 0) is 19.1 Å². The van der Waals surface area contributed by atoms with E-state index in [9.17, 15) is 14.4 Å². The lowest BCUT2D eigenvalue weighted by molar-refractivity contribution is -0.171. The van der Waals surface area contributed by atoms with E-state index in [2.05, 4.69) is 0 Å². The van der Waals surface area contributed by atoms with Gasteiger partial charge in [0.05, 0.1) is 18.6 Å². The minimum atomic E-state index is -1.10. The summed E-state index contributed by atoms with van der Waals surface area (Å²) < 4.78 is 17.0. The van der Waals surface area contributed by atoms with Crippen LogP contribution < -0.4 is 4.74 Å². The van der Waals surface area contributed by atoms with E-state index in [1.807, 2.05) is 19.9 Å². The van der Waals surface area contributed by atoms with Crippen LogP contribution in [0.15, 0.2) is 35.9 Å². The monoisotopic (exact) mass is 398 g/mol. The Balaban J connectivity index is 1.71. The van der Waals surface area contributed by atoms with Crippen LogP contribution in [0.4, 0.5) is 0 Å². The molecular weight excluding hydrogens is 372 g/mol. The quantitative estimate of drug-likeness (QED) is 0.573. The topological polar surface area (TPSA) is 78.9 Å². The summed E-state index contributed by atoms with van der Waals surface area (Å²) in [5, 5.41) is 0. The number of carbonyl (C=O) groups is 3. The van der Waals surface area contributed by atoms with Gasteiger partial charge < -0.3 is 14.2 Å². The first kappa shape index (κ1) is 19.7. The van der Waals surface area contributed by atoms with Crippen LogP contribution in [0.25, 0.3) is 0 Å². The van der Waals surface area contributed by atoms with Crippen molar-refractivity contribution >= 4 is 17.7 Å². The van der Waals surface area contributed by atoms with E-state index in [1.54, 1.807) is 38.3 Å². The minimum absolute atomic E-state index is 0.0136. The van der Waals surface area contributed by atoms with Gasteiger partial charge in [-0.3, -0.25) is 9.59 Å². The maximum atomic E-state index is 13.2. The maximum Gasteiger partial charge on any atom is 0.338 e. The molecule has 1 aromatic rings. The molecule has 1 aliphatic heterocycles. The second kappa shape index (κ2) is 6.71. The van der Waals surface area contributed by atoms with Gasteiger partial charge in [-0.1, -0.05) is 12.5 Å². The number of Topliss-reactive ketones (excluding diaryl/α,β-unsaturated/α-hetero) is 1. The molecule has 0 aromatic heterocycles. The summed E-state index contributed by atoms with van der Waals surface area (Å²) in [4.78, 5) is 38.5. The van der Waals surface area contributed by atoms with E-state index in [-0.39, 0.29) is 30.0 Å². The number of methoxy groups -OCH3 is 1. The van der Waals surface area contributed by atoms with Crippen molar-refractivity contribution in [2.75, 3.05) is 7.11 Å². The molecule has 4 rings (SSSR count). The molecule has 6 nitrogen and oxygen atoms in total. The number of hydrogen-bond donors (Lipinski definition) is 0. The minimum Gasteiger partial charge on any atom is -0.497 e. The molecule has 154 valence electrons. The Morgan fingerprint density at radius 2 is 1.90 bits per heavy atom. The number of ketones is 1. The molecule has 1 aromatic carbocycles. The molecule has 0 N–H and O–H groups in total. The van der Waals surface area contributed by atoms with Gasteiger partial charge in [0.1, 0.15) is 28.7 Å². The number of benzene rings is 1. The Kier molecular flexibility index (Phi) is 4.56. The molecule has 3 aliphatic rings. The standard InChI is InChI=1S/C23H26O6/c1-13-9-10-23-17(14(2)20(25)29-23)12-18(24)22(23,3)19(11-13)28-21(26)15-5-7-16(27-4)8-6-15/h5-8,11,14,17,19H,9-10,12H2,1-4H3/t14-,17-,19-,22-,23-/m1/s1. The molecule has 1 spiro atoms. The zero-order chi connectivity index (χ0) is 21.0. The van der Waals surface area contributed by atoms with Crippen molar-refractivity contribution in [3.63, 3.8) is 0 Å². The van der Waals surface area contributed by atoms with Crippen molar-refractivity contribution in [3.05, 3.63) is 41.5 Å². The molecule has 0 amide bonds. The summed E-state index contributed by atoms with van der Waals surface area (Å²) in [7, 11) is 1.55. The highest BCUT2D eigenvalue weighted by Gasteiger charge is 2.73. The Bertz CT molecular complexity index is 900. The molecule has 6 heteroatoms. The second-order valence-electron chi connectivity index (χ2n) is 8.60. The summed E-state index contributed by atoms with van der Waals surface area (Å²) in [5.74, 6) is -0.688. The van der Waals surface area contributed by atoms with Crippen LogP contribution in [0.3, 0.4) is 0 Å². The highest BCUT2D eigenvalue weighted by molar-refractivity contribution is 5.95. The van der Waals surface area contributed by atoms with E-state index >= 15 is 0 Å². The van der Waals surface area contributed by atoms with Crippen LogP contribution in [0.2, 0.25) is 0 Å². The van der Waals surface area contributed by atoms with Crippen LogP contribution in [-0.4, -0.2) is 36.5 Å². The van der Waals surface area contributed by atoms with Crippen molar-refractivity contribution in [1.82, 2.24) is 0 Å². The van der Waals surface area contributed by atoms with Crippen LogP contribution in [0.5, 0.6) is 5.75 Å². The maximum absolute atomic E-state index is 13.2. The van der Waals surface area contributed by atoms with Crippen LogP contribution >= 0.6 is 0 Å². The average molecular weight is 398 g/mol. The van der Waals surface area contributed by atoms with Crippen molar-refractivity contribution < 1.29 is 28.6 Å². The zero-order valence-corrected chi connectivity index (χ0v) is 17.2. The second-order valence-corrected chi connectivity index (χ2v) is 8.60. The van der Waals surface area contributed by atoms with Crippen molar-refractivity contribution in [3.8, 4) is 5.75 Å². The summed E-state index contributed by atoms with van der Waals surface area (Å²) in [6, 6.07) is 6.63. The largest absolute Gasteiger partial charge is 0.497 e. The first-order valence-corrected chi connectivity index (χ1v) is 10.0. The molecule has 2 aliphatic carbocycles. The summed E-state index contributed by atoms with van der Waals surface area (Å²) in [5.41, 5.74) is -0.639. The lowest BCUT2D eigenvalue weighted by atomic mass is 9.67. The van der Waals surface area contributed by atoms with Crippen molar-refractivity contribution in [1.29, 1.82) is 0 Å². The molecule has 0 unspecified atom stereocenters. The first-order chi connectivity index (χ1) is 13.7. The number of carbonyl (C=O) groups excluding carboxylic acids is 3. The van der Waals surface area contributed by atoms with Gasteiger partial charge in [-0.25, -0.2) is 4.79 Å². The lowest BCUT2D eigenvalue weighted by Crippen LogP contribution is -2.55. The highest BCUT2D eigenvalue weighted by Crippen LogP contribution is 2.62.